The van der Waals surface area contributed by atoms with E-state index in [1.54, 1.807) is 13.0 Å². The molecule has 1 aromatic carbocycles. The summed E-state index contributed by atoms with van der Waals surface area (Å²) in [5.41, 5.74) is 1.36. The summed E-state index contributed by atoms with van der Waals surface area (Å²) >= 11 is 6.12. The van der Waals surface area contributed by atoms with E-state index in [2.05, 4.69) is 5.32 Å². The maximum Gasteiger partial charge on any atom is 0.128 e. The topological polar surface area (TPSA) is 15.3 Å². The first-order valence-electron chi connectivity index (χ1n) is 5.45. The minimum absolute atomic E-state index is 0.196. The van der Waals surface area contributed by atoms with Crippen LogP contribution in [0, 0.1) is 18.7 Å². The predicted octanol–water partition coefficient (Wildman–Crippen LogP) is 2.44. The van der Waals surface area contributed by atoms with Gasteiger partial charge in [0.1, 0.15) is 5.82 Å². The highest BCUT2D eigenvalue weighted by molar-refractivity contribution is 6.33. The third-order valence-corrected chi connectivity index (χ3v) is 3.34. The lowest BCUT2D eigenvalue weighted by Gasteiger charge is -2.32. The van der Waals surface area contributed by atoms with Crippen LogP contribution in [0.4, 0.5) is 10.1 Å². The van der Waals surface area contributed by atoms with Gasteiger partial charge in [0.15, 0.2) is 0 Å². The lowest BCUT2D eigenvalue weighted by molar-refractivity contribution is 0.353. The quantitative estimate of drug-likeness (QED) is 0.876. The maximum atomic E-state index is 13.5. The van der Waals surface area contributed by atoms with Gasteiger partial charge in [0.25, 0.3) is 0 Å². The van der Waals surface area contributed by atoms with E-state index in [-0.39, 0.29) is 5.82 Å². The van der Waals surface area contributed by atoms with Crippen LogP contribution in [0.5, 0.6) is 0 Å². The van der Waals surface area contributed by atoms with Crippen molar-refractivity contribution in [2.24, 2.45) is 5.92 Å². The van der Waals surface area contributed by atoms with Crippen LogP contribution in [-0.2, 0) is 0 Å². The van der Waals surface area contributed by atoms with Gasteiger partial charge in [-0.05, 0) is 24.6 Å². The highest BCUT2D eigenvalue weighted by Gasteiger charge is 2.20. The molecule has 1 heterocycles. The van der Waals surface area contributed by atoms with Crippen molar-refractivity contribution in [2.75, 3.05) is 31.6 Å². The summed E-state index contributed by atoms with van der Waals surface area (Å²) in [6, 6.07) is 3.20. The van der Waals surface area contributed by atoms with E-state index >= 15 is 0 Å². The van der Waals surface area contributed by atoms with Gasteiger partial charge >= 0.3 is 0 Å². The summed E-state index contributed by atoms with van der Waals surface area (Å²) in [6.07, 6.45) is 0. The van der Waals surface area contributed by atoms with Gasteiger partial charge < -0.3 is 10.2 Å². The summed E-state index contributed by atoms with van der Waals surface area (Å²) in [6.45, 7) is 4.71. The van der Waals surface area contributed by atoms with Crippen molar-refractivity contribution in [1.29, 1.82) is 0 Å². The highest BCUT2D eigenvalue weighted by Crippen LogP contribution is 2.28. The molecular formula is C12H16ClFN2. The van der Waals surface area contributed by atoms with E-state index in [9.17, 15) is 4.39 Å². The number of nitrogens with zero attached hydrogens (tertiary/aromatic N) is 1. The standard InChI is InChI=1S/C12H16ClFN2/c1-8-3-10(13)12(4-11(8)14)16(2)7-9-5-15-6-9/h3-4,9,15H,5-7H2,1-2H3. The molecule has 0 amide bonds. The van der Waals surface area contributed by atoms with E-state index in [1.807, 2.05) is 11.9 Å². The zero-order valence-corrected chi connectivity index (χ0v) is 10.3. The Morgan fingerprint density at radius 3 is 2.75 bits per heavy atom. The molecule has 1 fully saturated rings. The van der Waals surface area contributed by atoms with Crippen molar-refractivity contribution in [2.45, 2.75) is 6.92 Å². The molecule has 0 radical (unpaired) electrons. The van der Waals surface area contributed by atoms with Crippen LogP contribution in [-0.4, -0.2) is 26.7 Å². The van der Waals surface area contributed by atoms with Gasteiger partial charge in [-0.1, -0.05) is 11.6 Å². The van der Waals surface area contributed by atoms with E-state index in [0.717, 1.165) is 25.3 Å². The monoisotopic (exact) mass is 242 g/mol. The summed E-state index contributed by atoms with van der Waals surface area (Å²) < 4.78 is 13.5. The minimum atomic E-state index is -0.196. The van der Waals surface area contributed by atoms with E-state index < -0.39 is 0 Å². The molecule has 0 bridgehead atoms. The molecule has 0 unspecified atom stereocenters. The van der Waals surface area contributed by atoms with Gasteiger partial charge in [0.05, 0.1) is 10.7 Å². The van der Waals surface area contributed by atoms with Crippen LogP contribution < -0.4 is 10.2 Å². The molecule has 0 saturated carbocycles. The summed E-state index contributed by atoms with van der Waals surface area (Å²) in [4.78, 5) is 2.02. The molecule has 1 aliphatic heterocycles. The molecule has 16 heavy (non-hydrogen) atoms. The normalized spacial score (nSPS) is 16.0. The second-order valence-electron chi connectivity index (χ2n) is 4.46. The van der Waals surface area contributed by atoms with Crippen LogP contribution in [0.2, 0.25) is 5.02 Å². The van der Waals surface area contributed by atoms with Gasteiger partial charge in [0.2, 0.25) is 0 Å². The van der Waals surface area contributed by atoms with Gasteiger partial charge in [-0.15, -0.1) is 0 Å². The SMILES string of the molecule is Cc1cc(Cl)c(N(C)CC2CNC2)cc1F. The fourth-order valence-electron chi connectivity index (χ4n) is 1.89. The molecule has 1 aliphatic rings. The second kappa shape index (κ2) is 4.60. The molecule has 0 aliphatic carbocycles. The van der Waals surface area contributed by atoms with Crippen molar-refractivity contribution in [1.82, 2.24) is 5.32 Å². The van der Waals surface area contributed by atoms with Crippen molar-refractivity contribution in [3.05, 3.63) is 28.5 Å². The first kappa shape index (κ1) is 11.7. The van der Waals surface area contributed by atoms with Crippen LogP contribution in [0.3, 0.4) is 0 Å². The Kier molecular flexibility index (Phi) is 3.36. The van der Waals surface area contributed by atoms with E-state index in [1.165, 1.54) is 6.07 Å². The number of rotatable bonds is 3. The Bertz CT molecular complexity index is 391. The minimum Gasteiger partial charge on any atom is -0.373 e. The van der Waals surface area contributed by atoms with E-state index in [0.29, 0.717) is 16.5 Å². The highest BCUT2D eigenvalue weighted by atomic mass is 35.5. The number of aryl methyl sites for hydroxylation is 1. The second-order valence-corrected chi connectivity index (χ2v) is 4.86. The van der Waals surface area contributed by atoms with Crippen LogP contribution in [0.25, 0.3) is 0 Å². The van der Waals surface area contributed by atoms with Gasteiger partial charge in [-0.2, -0.15) is 0 Å². The number of hydrogen-bond acceptors (Lipinski definition) is 2. The Balaban J connectivity index is 2.14. The predicted molar refractivity (Wildman–Crippen MR) is 65.8 cm³/mol. The average Bonchev–Trinajstić information content (AvgIpc) is 2.17. The molecule has 2 nitrogen and oxygen atoms in total. The Morgan fingerprint density at radius 2 is 2.19 bits per heavy atom. The Hall–Kier alpha value is -0.800. The first-order chi connectivity index (χ1) is 7.58. The summed E-state index contributed by atoms with van der Waals surface area (Å²) in [5, 5.41) is 3.84. The molecule has 0 spiro atoms. The first-order valence-corrected chi connectivity index (χ1v) is 5.83. The molecular weight excluding hydrogens is 227 g/mol. The van der Waals surface area contributed by atoms with Crippen LogP contribution in [0.1, 0.15) is 5.56 Å². The Morgan fingerprint density at radius 1 is 1.50 bits per heavy atom. The Labute approximate surface area is 100 Å². The molecule has 0 atom stereocenters. The van der Waals surface area contributed by atoms with Crippen molar-refractivity contribution < 1.29 is 4.39 Å². The molecule has 1 aromatic rings. The zero-order valence-electron chi connectivity index (χ0n) is 9.56. The number of hydrogen-bond donors (Lipinski definition) is 1. The fraction of sp³-hybridized carbons (Fsp3) is 0.500. The lowest BCUT2D eigenvalue weighted by Crippen LogP contribution is -2.47. The molecule has 88 valence electrons. The van der Waals surface area contributed by atoms with Crippen molar-refractivity contribution in [3.63, 3.8) is 0 Å². The van der Waals surface area contributed by atoms with Crippen LogP contribution in [0.15, 0.2) is 12.1 Å². The largest absolute Gasteiger partial charge is 0.373 e. The van der Waals surface area contributed by atoms with Gasteiger partial charge in [-0.3, -0.25) is 0 Å². The van der Waals surface area contributed by atoms with Crippen LogP contribution >= 0.6 is 11.6 Å². The fourth-order valence-corrected chi connectivity index (χ4v) is 2.25. The van der Waals surface area contributed by atoms with Gasteiger partial charge in [0, 0.05) is 32.6 Å². The zero-order chi connectivity index (χ0) is 11.7. The third kappa shape index (κ3) is 2.30. The summed E-state index contributed by atoms with van der Waals surface area (Å²) in [7, 11) is 1.95. The average molecular weight is 243 g/mol. The number of nitrogens with one attached hydrogen (secondary N) is 1. The molecule has 1 saturated heterocycles. The number of halogens is 2. The lowest BCUT2D eigenvalue weighted by atomic mass is 10.0. The molecule has 0 aromatic heterocycles. The van der Waals surface area contributed by atoms with Gasteiger partial charge in [-0.25, -0.2) is 4.39 Å². The smallest absolute Gasteiger partial charge is 0.128 e. The number of benzene rings is 1. The third-order valence-electron chi connectivity index (χ3n) is 3.04. The number of anilines is 1. The molecule has 1 N–H and O–H groups in total. The van der Waals surface area contributed by atoms with E-state index in [4.69, 9.17) is 11.6 Å². The maximum absolute atomic E-state index is 13.5. The summed E-state index contributed by atoms with van der Waals surface area (Å²) in [5.74, 6) is 0.448. The van der Waals surface area contributed by atoms with Crippen molar-refractivity contribution in [3.8, 4) is 0 Å². The molecule has 4 heteroatoms. The molecule has 2 rings (SSSR count). The van der Waals surface area contributed by atoms with Crippen molar-refractivity contribution >= 4 is 17.3 Å².